The van der Waals surface area contributed by atoms with Crippen molar-refractivity contribution in [2.75, 3.05) is 7.11 Å². The number of benzene rings is 1. The van der Waals surface area contributed by atoms with E-state index in [0.29, 0.717) is 24.2 Å². The number of ether oxygens (including phenoxy) is 1. The Labute approximate surface area is 184 Å². The summed E-state index contributed by atoms with van der Waals surface area (Å²) in [5.41, 5.74) is 2.90. The summed E-state index contributed by atoms with van der Waals surface area (Å²) < 4.78 is 10.7. The van der Waals surface area contributed by atoms with E-state index in [1.165, 1.54) is 11.3 Å². The minimum atomic E-state index is 0.0674. The number of carbonyl (C=O) groups is 1. The fourth-order valence-electron chi connectivity index (χ4n) is 3.87. The van der Waals surface area contributed by atoms with Crippen LogP contribution in [0, 0.1) is 13.8 Å². The lowest BCUT2D eigenvalue weighted by Crippen LogP contribution is -2.32. The Kier molecular flexibility index (Phi) is 4.98. The molecule has 1 aliphatic carbocycles. The molecular weight excluding hydrogens is 410 g/mol. The summed E-state index contributed by atoms with van der Waals surface area (Å²) in [4.78, 5) is 26.5. The van der Waals surface area contributed by atoms with E-state index in [0.717, 1.165) is 50.5 Å². The Morgan fingerprint density at radius 3 is 2.61 bits per heavy atom. The molecule has 1 amide bonds. The summed E-state index contributed by atoms with van der Waals surface area (Å²) in [6.45, 7) is 4.54. The molecule has 0 N–H and O–H groups in total. The molecule has 158 valence electrons. The number of hydrogen-bond donors (Lipinski definition) is 0. The van der Waals surface area contributed by atoms with Gasteiger partial charge < -0.3 is 14.1 Å². The number of rotatable bonds is 6. The predicted octanol–water partition coefficient (Wildman–Crippen LogP) is 5.38. The van der Waals surface area contributed by atoms with Gasteiger partial charge in [-0.2, -0.15) is 0 Å². The Bertz CT molecular complexity index is 1240. The van der Waals surface area contributed by atoms with Crippen LogP contribution in [0.25, 0.3) is 21.8 Å². The molecule has 3 aromatic heterocycles. The molecule has 0 saturated heterocycles. The predicted molar refractivity (Wildman–Crippen MR) is 120 cm³/mol. The normalized spacial score (nSPS) is 13.5. The lowest BCUT2D eigenvalue weighted by atomic mass is 10.1. The number of hydrogen-bond acceptors (Lipinski definition) is 6. The Morgan fingerprint density at radius 1 is 1.19 bits per heavy atom. The van der Waals surface area contributed by atoms with Gasteiger partial charge in [-0.3, -0.25) is 4.79 Å². The van der Waals surface area contributed by atoms with Crippen LogP contribution in [0.1, 0.15) is 39.3 Å². The lowest BCUT2D eigenvalue weighted by Gasteiger charge is -2.22. The molecule has 1 aromatic carbocycles. The Hall–Kier alpha value is -3.19. The summed E-state index contributed by atoms with van der Waals surface area (Å²) in [7, 11) is 1.65. The highest BCUT2D eigenvalue weighted by Crippen LogP contribution is 2.37. The number of nitrogens with zero attached hydrogens (tertiary/aromatic N) is 3. The van der Waals surface area contributed by atoms with Crippen molar-refractivity contribution in [3.8, 4) is 17.3 Å². The first-order valence-electron chi connectivity index (χ1n) is 10.3. The van der Waals surface area contributed by atoms with Crippen molar-refractivity contribution in [1.29, 1.82) is 0 Å². The van der Waals surface area contributed by atoms with Crippen molar-refractivity contribution in [2.45, 2.75) is 39.3 Å². The van der Waals surface area contributed by atoms with Crippen LogP contribution in [0.3, 0.4) is 0 Å². The molecule has 6 nitrogen and oxygen atoms in total. The van der Waals surface area contributed by atoms with Crippen molar-refractivity contribution in [3.63, 3.8) is 0 Å². The van der Waals surface area contributed by atoms with Crippen molar-refractivity contribution in [3.05, 3.63) is 64.4 Å². The largest absolute Gasteiger partial charge is 0.497 e. The molecule has 5 rings (SSSR count). The topological polar surface area (TPSA) is 68.5 Å². The standard InChI is InChI=1S/C24H23N3O3S/c1-14-20-15(2)25-22(19-5-4-12-30-19)26-23(20)31-21(14)24(28)27(17-8-9-17)13-16-6-10-18(29-3)11-7-16/h4-7,10-12,17H,8-9,13H2,1-3H3. The molecule has 0 unspecified atom stereocenters. The summed E-state index contributed by atoms with van der Waals surface area (Å²) >= 11 is 1.44. The van der Waals surface area contributed by atoms with Gasteiger partial charge in [-0.1, -0.05) is 12.1 Å². The first kappa shape index (κ1) is 19.8. The van der Waals surface area contributed by atoms with Crippen LogP contribution in [0.2, 0.25) is 0 Å². The third-order valence-corrected chi connectivity index (χ3v) is 6.84. The van der Waals surface area contributed by atoms with Gasteiger partial charge in [0.05, 0.1) is 23.9 Å². The van der Waals surface area contributed by atoms with Crippen LogP contribution in [0.4, 0.5) is 0 Å². The van der Waals surface area contributed by atoms with Crippen LogP contribution >= 0.6 is 11.3 Å². The zero-order chi connectivity index (χ0) is 21.5. The van der Waals surface area contributed by atoms with Gasteiger partial charge in [0.15, 0.2) is 11.6 Å². The zero-order valence-corrected chi connectivity index (χ0v) is 18.5. The fourth-order valence-corrected chi connectivity index (χ4v) is 5.06. The minimum absolute atomic E-state index is 0.0674. The molecule has 0 atom stereocenters. The zero-order valence-electron chi connectivity index (χ0n) is 17.7. The van der Waals surface area contributed by atoms with E-state index in [9.17, 15) is 4.79 Å². The second kappa shape index (κ2) is 7.81. The molecule has 0 bridgehead atoms. The average Bonchev–Trinajstić information content (AvgIpc) is 3.34. The number of aromatic nitrogens is 2. The van der Waals surface area contributed by atoms with Gasteiger partial charge in [0.2, 0.25) is 0 Å². The minimum Gasteiger partial charge on any atom is -0.497 e. The molecule has 0 radical (unpaired) electrons. The highest BCUT2D eigenvalue weighted by atomic mass is 32.1. The van der Waals surface area contributed by atoms with Crippen LogP contribution in [-0.4, -0.2) is 33.9 Å². The van der Waals surface area contributed by atoms with E-state index in [4.69, 9.17) is 14.1 Å². The summed E-state index contributed by atoms with van der Waals surface area (Å²) in [6.07, 6.45) is 3.71. The van der Waals surface area contributed by atoms with Crippen molar-refractivity contribution < 1.29 is 13.9 Å². The highest BCUT2D eigenvalue weighted by Gasteiger charge is 2.35. The Balaban J connectivity index is 1.49. The van der Waals surface area contributed by atoms with Gasteiger partial charge in [-0.15, -0.1) is 11.3 Å². The van der Waals surface area contributed by atoms with Gasteiger partial charge in [-0.05, 0) is 62.1 Å². The van der Waals surface area contributed by atoms with Crippen LogP contribution in [-0.2, 0) is 6.54 Å². The van der Waals surface area contributed by atoms with E-state index < -0.39 is 0 Å². The van der Waals surface area contributed by atoms with E-state index in [2.05, 4.69) is 4.98 Å². The molecule has 31 heavy (non-hydrogen) atoms. The van der Waals surface area contributed by atoms with Crippen molar-refractivity contribution in [2.24, 2.45) is 0 Å². The summed E-state index contributed by atoms with van der Waals surface area (Å²) in [5, 5.41) is 0.962. The first-order chi connectivity index (χ1) is 15.0. The summed E-state index contributed by atoms with van der Waals surface area (Å²) in [6, 6.07) is 11.9. The van der Waals surface area contributed by atoms with Gasteiger partial charge in [-0.25, -0.2) is 9.97 Å². The maximum atomic E-state index is 13.6. The number of methoxy groups -OCH3 is 1. The van der Waals surface area contributed by atoms with Crippen LogP contribution in [0.15, 0.2) is 47.1 Å². The molecule has 0 aliphatic heterocycles. The molecular formula is C24H23N3O3S. The lowest BCUT2D eigenvalue weighted by molar-refractivity contribution is 0.0734. The number of furan rings is 1. The van der Waals surface area contributed by atoms with Crippen molar-refractivity contribution >= 4 is 27.5 Å². The SMILES string of the molecule is COc1ccc(CN(C(=O)c2sc3nc(-c4ccco4)nc(C)c3c2C)C2CC2)cc1. The van der Waals surface area contributed by atoms with Gasteiger partial charge in [0.25, 0.3) is 5.91 Å². The first-order valence-corrected chi connectivity index (χ1v) is 11.1. The molecule has 1 aliphatic rings. The number of aryl methyl sites for hydroxylation is 2. The van der Waals surface area contributed by atoms with Gasteiger partial charge >= 0.3 is 0 Å². The monoisotopic (exact) mass is 433 g/mol. The summed E-state index contributed by atoms with van der Waals surface area (Å²) in [5.74, 6) is 2.06. The number of carbonyl (C=O) groups excluding carboxylic acids is 1. The Morgan fingerprint density at radius 2 is 1.97 bits per heavy atom. The molecule has 4 aromatic rings. The number of amides is 1. The molecule has 1 fully saturated rings. The average molecular weight is 434 g/mol. The molecule has 1 saturated carbocycles. The fraction of sp³-hybridized carbons (Fsp3) is 0.292. The smallest absolute Gasteiger partial charge is 0.264 e. The second-order valence-corrected chi connectivity index (χ2v) is 8.86. The number of thiophene rings is 1. The maximum absolute atomic E-state index is 13.6. The number of fused-ring (bicyclic) bond motifs is 1. The maximum Gasteiger partial charge on any atom is 0.264 e. The van der Waals surface area contributed by atoms with Crippen molar-refractivity contribution in [1.82, 2.24) is 14.9 Å². The van der Waals surface area contributed by atoms with E-state index >= 15 is 0 Å². The molecule has 0 spiro atoms. The van der Waals surface area contributed by atoms with Crippen LogP contribution < -0.4 is 4.74 Å². The van der Waals surface area contributed by atoms with E-state index in [1.807, 2.05) is 55.1 Å². The third kappa shape index (κ3) is 3.70. The van der Waals surface area contributed by atoms with Gasteiger partial charge in [0.1, 0.15) is 10.6 Å². The van der Waals surface area contributed by atoms with Gasteiger partial charge in [0, 0.05) is 18.0 Å². The quantitative estimate of drug-likeness (QED) is 0.408. The van der Waals surface area contributed by atoms with Crippen LogP contribution in [0.5, 0.6) is 5.75 Å². The highest BCUT2D eigenvalue weighted by molar-refractivity contribution is 7.20. The van der Waals surface area contributed by atoms with E-state index in [1.54, 1.807) is 13.4 Å². The van der Waals surface area contributed by atoms with E-state index in [-0.39, 0.29) is 5.91 Å². The third-order valence-electron chi connectivity index (χ3n) is 5.67. The molecule has 3 heterocycles. The molecule has 7 heteroatoms. The second-order valence-electron chi connectivity index (χ2n) is 7.86.